The number of carbonyl (C=O) groups excluding carboxylic acids is 1. The zero-order valence-corrected chi connectivity index (χ0v) is 22.0. The maximum Gasteiger partial charge on any atom is 0.490 e. The fourth-order valence-corrected chi connectivity index (χ4v) is 4.71. The minimum absolute atomic E-state index is 0.105. The molecule has 0 aliphatic heterocycles. The van der Waals surface area contributed by atoms with Crippen LogP contribution >= 0.6 is 0 Å². The van der Waals surface area contributed by atoms with E-state index in [1.165, 1.54) is 0 Å². The molecule has 200 valence electrons. The molecule has 0 aliphatic rings. The lowest BCUT2D eigenvalue weighted by Gasteiger charge is -2.29. The first-order chi connectivity index (χ1) is 15.8. The van der Waals surface area contributed by atoms with Gasteiger partial charge in [-0.05, 0) is 23.4 Å². The van der Waals surface area contributed by atoms with Crippen LogP contribution in [0.4, 0.5) is 18.0 Å². The highest BCUT2D eigenvalue weighted by molar-refractivity contribution is 6.76. The predicted octanol–water partition coefficient (Wildman–Crippen LogP) is 4.73. The van der Waals surface area contributed by atoms with Crippen LogP contribution in [0.1, 0.15) is 32.8 Å². The van der Waals surface area contributed by atoms with E-state index in [1.54, 1.807) is 0 Å². The van der Waals surface area contributed by atoms with Crippen molar-refractivity contribution in [2.45, 2.75) is 77.7 Å². The van der Waals surface area contributed by atoms with Crippen molar-refractivity contribution in [3.63, 3.8) is 0 Å². The summed E-state index contributed by atoms with van der Waals surface area (Å²) in [5, 5.41) is 22.7. The molecule has 4 N–H and O–H groups in total. The number of carboxylic acid groups (broad SMARTS) is 2. The van der Waals surface area contributed by atoms with Crippen LogP contribution in [0.2, 0.25) is 25.7 Å². The number of hydrogen-bond donors (Lipinski definition) is 4. The molecule has 0 fully saturated rings. The second-order valence-electron chi connectivity index (χ2n) is 10.5. The first-order valence-electron chi connectivity index (χ1n) is 11.0. The number of alkyl carbamates (subject to hydrolysis) is 1. The van der Waals surface area contributed by atoms with E-state index in [1.807, 2.05) is 51.1 Å². The Balaban J connectivity index is 0.00000143. The minimum atomic E-state index is -5.08. The summed E-state index contributed by atoms with van der Waals surface area (Å²) in [4.78, 5) is 32.7. The lowest BCUT2D eigenvalue weighted by molar-refractivity contribution is -0.192. The van der Waals surface area contributed by atoms with Gasteiger partial charge in [-0.25, -0.2) is 9.59 Å². The fraction of sp³-hybridized carbons (Fsp3) is 0.609. The SMILES string of the molecule is CC(C)(C)C[C@H](NC[C@H](C[Si](C)(C)C)NC(=O)OCc1ccccc1)C(=O)O.O=C(O)C(F)(F)F. The van der Waals surface area contributed by atoms with Crippen LogP contribution in [0.3, 0.4) is 0 Å². The third-order valence-electron chi connectivity index (χ3n) is 4.36. The first-order valence-corrected chi connectivity index (χ1v) is 14.7. The summed E-state index contributed by atoms with van der Waals surface area (Å²) in [5.74, 6) is -3.62. The number of alkyl halides is 3. The van der Waals surface area contributed by atoms with Crippen molar-refractivity contribution in [1.82, 2.24) is 10.6 Å². The van der Waals surface area contributed by atoms with Crippen LogP contribution in [0.5, 0.6) is 0 Å². The molecule has 1 aromatic carbocycles. The Morgan fingerprint density at radius 2 is 1.54 bits per heavy atom. The smallest absolute Gasteiger partial charge is 0.480 e. The third kappa shape index (κ3) is 17.5. The summed E-state index contributed by atoms with van der Waals surface area (Å²) in [6, 6.07) is 9.53. The third-order valence-corrected chi connectivity index (χ3v) is 6.08. The molecule has 0 saturated heterocycles. The maximum atomic E-state index is 12.3. The van der Waals surface area contributed by atoms with E-state index < -0.39 is 38.3 Å². The molecular formula is C23H37F3N2O6Si. The van der Waals surface area contributed by atoms with Gasteiger partial charge < -0.3 is 25.6 Å². The summed E-state index contributed by atoms with van der Waals surface area (Å²) < 4.78 is 37.1. The van der Waals surface area contributed by atoms with Gasteiger partial charge in [-0.15, -0.1) is 0 Å². The van der Waals surface area contributed by atoms with E-state index in [2.05, 4.69) is 30.3 Å². The molecule has 2 atom stereocenters. The topological polar surface area (TPSA) is 125 Å². The zero-order valence-electron chi connectivity index (χ0n) is 21.0. The molecule has 0 bridgehead atoms. The van der Waals surface area contributed by atoms with Gasteiger partial charge in [-0.2, -0.15) is 13.2 Å². The molecule has 0 saturated carbocycles. The van der Waals surface area contributed by atoms with Crippen LogP contribution < -0.4 is 10.6 Å². The molecule has 1 aromatic rings. The number of rotatable bonds is 10. The predicted molar refractivity (Wildman–Crippen MR) is 129 cm³/mol. The molecule has 0 spiro atoms. The van der Waals surface area contributed by atoms with Gasteiger partial charge in [0.25, 0.3) is 0 Å². The Labute approximate surface area is 205 Å². The van der Waals surface area contributed by atoms with Gasteiger partial charge in [0.05, 0.1) is 0 Å². The molecule has 0 unspecified atom stereocenters. The van der Waals surface area contributed by atoms with E-state index in [4.69, 9.17) is 14.6 Å². The average Bonchev–Trinajstić information content (AvgIpc) is 2.67. The summed E-state index contributed by atoms with van der Waals surface area (Å²) in [7, 11) is -1.48. The van der Waals surface area contributed by atoms with Gasteiger partial charge in [-0.1, -0.05) is 70.7 Å². The van der Waals surface area contributed by atoms with E-state index in [0.717, 1.165) is 11.6 Å². The Bertz CT molecular complexity index is 808. The number of carbonyl (C=O) groups is 3. The normalized spacial score (nSPS) is 13.6. The molecule has 12 heteroatoms. The second-order valence-corrected chi connectivity index (χ2v) is 16.1. The molecule has 1 amide bonds. The molecule has 0 heterocycles. The lowest BCUT2D eigenvalue weighted by atomic mass is 9.88. The van der Waals surface area contributed by atoms with Gasteiger partial charge in [0.1, 0.15) is 12.6 Å². The van der Waals surface area contributed by atoms with Crippen molar-refractivity contribution in [3.8, 4) is 0 Å². The van der Waals surface area contributed by atoms with Crippen LogP contribution in [-0.4, -0.2) is 61.1 Å². The van der Waals surface area contributed by atoms with Gasteiger partial charge in [0.2, 0.25) is 0 Å². The van der Waals surface area contributed by atoms with E-state index in [0.29, 0.717) is 13.0 Å². The van der Waals surface area contributed by atoms with E-state index in [9.17, 15) is 27.9 Å². The number of amides is 1. The van der Waals surface area contributed by atoms with Crippen molar-refractivity contribution in [2.75, 3.05) is 6.54 Å². The Morgan fingerprint density at radius 3 is 1.94 bits per heavy atom. The largest absolute Gasteiger partial charge is 0.490 e. The molecule has 8 nitrogen and oxygen atoms in total. The molecular weight excluding hydrogens is 485 g/mol. The Morgan fingerprint density at radius 1 is 1.03 bits per heavy atom. The fourth-order valence-electron chi connectivity index (χ4n) is 2.99. The number of halogens is 3. The highest BCUT2D eigenvalue weighted by atomic mass is 28.3. The molecule has 0 aromatic heterocycles. The van der Waals surface area contributed by atoms with Gasteiger partial charge in [-0.3, -0.25) is 4.79 Å². The van der Waals surface area contributed by atoms with Crippen molar-refractivity contribution < 1.29 is 42.5 Å². The summed E-state index contributed by atoms with van der Waals surface area (Å²) in [5.41, 5.74) is 0.820. The van der Waals surface area contributed by atoms with Crippen molar-refractivity contribution in [2.24, 2.45) is 5.41 Å². The number of nitrogens with one attached hydrogen (secondary N) is 2. The highest BCUT2D eigenvalue weighted by Gasteiger charge is 2.38. The Kier molecular flexibility index (Phi) is 13.0. The van der Waals surface area contributed by atoms with Gasteiger partial charge in [0.15, 0.2) is 0 Å². The summed E-state index contributed by atoms with van der Waals surface area (Å²) in [6.45, 7) is 13.3. The quantitative estimate of drug-likeness (QED) is 0.327. The van der Waals surface area contributed by atoms with E-state index >= 15 is 0 Å². The minimum Gasteiger partial charge on any atom is -0.480 e. The standard InChI is InChI=1S/C21H36N2O4Si.C2HF3O2/c1-21(2,3)12-18(19(24)25)22-13-17(15-28(4,5)6)23-20(26)27-14-16-10-8-7-9-11-16;3-2(4,5)1(6)7/h7-11,17-18,22H,12-15H2,1-6H3,(H,23,26)(H,24,25);(H,6,7)/t17-,18+;/m1./s1. The van der Waals surface area contributed by atoms with Crippen LogP contribution in [0, 0.1) is 5.41 Å². The zero-order chi connectivity index (χ0) is 27.4. The van der Waals surface area contributed by atoms with Gasteiger partial charge >= 0.3 is 24.2 Å². The molecule has 1 rings (SSSR count). The van der Waals surface area contributed by atoms with Crippen molar-refractivity contribution >= 4 is 26.1 Å². The van der Waals surface area contributed by atoms with Crippen molar-refractivity contribution in [3.05, 3.63) is 35.9 Å². The summed E-state index contributed by atoms with van der Waals surface area (Å²) in [6.07, 6.45) is -5.04. The first kappa shape index (κ1) is 32.4. The monoisotopic (exact) mass is 522 g/mol. The number of ether oxygens (including phenoxy) is 1. The van der Waals surface area contributed by atoms with Crippen LogP contribution in [0.25, 0.3) is 0 Å². The summed E-state index contributed by atoms with van der Waals surface area (Å²) >= 11 is 0. The highest BCUT2D eigenvalue weighted by Crippen LogP contribution is 2.21. The number of benzene rings is 1. The van der Waals surface area contributed by atoms with Crippen LogP contribution in [0.15, 0.2) is 30.3 Å². The molecule has 35 heavy (non-hydrogen) atoms. The Hall–Kier alpha value is -2.60. The number of carboxylic acids is 2. The van der Waals surface area contributed by atoms with Crippen molar-refractivity contribution in [1.29, 1.82) is 0 Å². The molecule has 0 aliphatic carbocycles. The number of hydrogen-bond acceptors (Lipinski definition) is 5. The second kappa shape index (κ2) is 14.1. The average molecular weight is 523 g/mol. The molecule has 0 radical (unpaired) electrons. The maximum absolute atomic E-state index is 12.3. The van der Waals surface area contributed by atoms with Crippen LogP contribution in [-0.2, 0) is 20.9 Å². The van der Waals surface area contributed by atoms with E-state index in [-0.39, 0.29) is 18.1 Å². The van der Waals surface area contributed by atoms with Gasteiger partial charge in [0, 0.05) is 20.7 Å². The lowest BCUT2D eigenvalue weighted by Crippen LogP contribution is -2.50. The number of aliphatic carboxylic acids is 2.